The maximum Gasteiger partial charge on any atom is 0.322 e. The van der Waals surface area contributed by atoms with Crippen LogP contribution in [0.4, 0.5) is 4.79 Å². The number of ether oxygens (including phenoxy) is 1. The maximum absolute atomic E-state index is 13.1. The SMILES string of the molecule is COc1ccc2c(c1)C(=O)N(CC1(c3cc4ncc(C(C)=N)cc4o3)NC(=O)NC1=O)C2. The Labute approximate surface area is 182 Å². The normalized spacial score (nSPS) is 19.8. The van der Waals surface area contributed by atoms with Crippen molar-refractivity contribution < 1.29 is 23.5 Å². The predicted molar refractivity (Wildman–Crippen MR) is 113 cm³/mol. The molecule has 2 aromatic heterocycles. The number of nitrogens with one attached hydrogen (secondary N) is 3. The van der Waals surface area contributed by atoms with Gasteiger partial charge >= 0.3 is 6.03 Å². The summed E-state index contributed by atoms with van der Waals surface area (Å²) in [6.45, 7) is 1.78. The highest BCUT2D eigenvalue weighted by molar-refractivity contribution is 6.08. The van der Waals surface area contributed by atoms with Crippen LogP contribution in [0.1, 0.15) is 34.2 Å². The topological polar surface area (TPSA) is 138 Å². The van der Waals surface area contributed by atoms with E-state index in [4.69, 9.17) is 14.6 Å². The summed E-state index contributed by atoms with van der Waals surface area (Å²) in [6, 6.07) is 7.77. The van der Waals surface area contributed by atoms with Crippen molar-refractivity contribution in [2.45, 2.75) is 19.0 Å². The molecule has 1 aromatic carbocycles. The highest BCUT2D eigenvalue weighted by Crippen LogP contribution is 2.34. The van der Waals surface area contributed by atoms with Crippen LogP contribution in [0.15, 0.2) is 40.9 Å². The molecule has 0 bridgehead atoms. The van der Waals surface area contributed by atoms with E-state index in [0.717, 1.165) is 5.56 Å². The van der Waals surface area contributed by atoms with Crippen molar-refractivity contribution in [1.29, 1.82) is 5.41 Å². The average molecular weight is 433 g/mol. The number of imide groups is 1. The number of amides is 4. The van der Waals surface area contributed by atoms with Gasteiger partial charge in [-0.2, -0.15) is 0 Å². The fourth-order valence-corrected chi connectivity index (χ4v) is 4.07. The molecule has 1 atom stereocenters. The Morgan fingerprint density at radius 2 is 2.09 bits per heavy atom. The van der Waals surface area contributed by atoms with E-state index in [2.05, 4.69) is 15.6 Å². The summed E-state index contributed by atoms with van der Waals surface area (Å²) in [5.41, 5.74) is 1.41. The second-order valence-corrected chi connectivity index (χ2v) is 7.84. The van der Waals surface area contributed by atoms with E-state index in [0.29, 0.717) is 33.7 Å². The highest BCUT2D eigenvalue weighted by Gasteiger charge is 2.53. The first kappa shape index (κ1) is 19.7. The van der Waals surface area contributed by atoms with Gasteiger partial charge in [-0.15, -0.1) is 0 Å². The van der Waals surface area contributed by atoms with Crippen LogP contribution < -0.4 is 15.4 Å². The Bertz CT molecular complexity index is 1330. The molecular formula is C22H19N5O5. The third-order valence-corrected chi connectivity index (χ3v) is 5.79. The summed E-state index contributed by atoms with van der Waals surface area (Å²) < 4.78 is 11.1. The van der Waals surface area contributed by atoms with Gasteiger partial charge in [0.25, 0.3) is 11.8 Å². The van der Waals surface area contributed by atoms with E-state index in [9.17, 15) is 14.4 Å². The summed E-state index contributed by atoms with van der Waals surface area (Å²) >= 11 is 0. The van der Waals surface area contributed by atoms with Gasteiger partial charge in [0.05, 0.1) is 13.7 Å². The fraction of sp³-hybridized carbons (Fsp3) is 0.227. The van der Waals surface area contributed by atoms with Crippen molar-refractivity contribution in [2.24, 2.45) is 0 Å². The summed E-state index contributed by atoms with van der Waals surface area (Å²) in [5, 5.41) is 12.7. The van der Waals surface area contributed by atoms with Crippen LogP contribution in [-0.2, 0) is 16.9 Å². The van der Waals surface area contributed by atoms with Gasteiger partial charge in [0.2, 0.25) is 0 Å². The lowest BCUT2D eigenvalue weighted by molar-refractivity contribution is -0.125. The van der Waals surface area contributed by atoms with E-state index < -0.39 is 17.5 Å². The summed E-state index contributed by atoms with van der Waals surface area (Å²) in [4.78, 5) is 43.9. The first-order valence-electron chi connectivity index (χ1n) is 9.86. The zero-order chi connectivity index (χ0) is 22.6. The minimum absolute atomic E-state index is 0.128. The molecule has 10 heteroatoms. The zero-order valence-electron chi connectivity index (χ0n) is 17.3. The second kappa shape index (κ2) is 6.91. The fourth-order valence-electron chi connectivity index (χ4n) is 4.07. The molecule has 10 nitrogen and oxygen atoms in total. The molecule has 1 fully saturated rings. The van der Waals surface area contributed by atoms with Crippen molar-refractivity contribution >= 4 is 34.7 Å². The van der Waals surface area contributed by atoms with Crippen LogP contribution in [0.25, 0.3) is 11.1 Å². The molecule has 2 aliphatic rings. The number of benzene rings is 1. The predicted octanol–water partition coefficient (Wildman–Crippen LogP) is 1.91. The van der Waals surface area contributed by atoms with Gasteiger partial charge in [-0.05, 0) is 30.7 Å². The number of aromatic nitrogens is 1. The number of methoxy groups -OCH3 is 1. The van der Waals surface area contributed by atoms with Gasteiger partial charge < -0.3 is 24.8 Å². The van der Waals surface area contributed by atoms with E-state index >= 15 is 0 Å². The van der Waals surface area contributed by atoms with Gasteiger partial charge in [-0.25, -0.2) is 4.79 Å². The Balaban J connectivity index is 1.55. The Morgan fingerprint density at radius 3 is 2.78 bits per heavy atom. The quantitative estimate of drug-likeness (QED) is 0.415. The Hall–Kier alpha value is -4.21. The molecular weight excluding hydrogens is 414 g/mol. The van der Waals surface area contributed by atoms with Gasteiger partial charge in [-0.3, -0.25) is 19.9 Å². The number of fused-ring (bicyclic) bond motifs is 2. The molecule has 0 saturated carbocycles. The zero-order valence-corrected chi connectivity index (χ0v) is 17.3. The molecule has 1 saturated heterocycles. The number of pyridine rings is 1. The number of rotatable bonds is 5. The molecule has 1 unspecified atom stereocenters. The van der Waals surface area contributed by atoms with Crippen LogP contribution in [0, 0.1) is 5.41 Å². The van der Waals surface area contributed by atoms with Gasteiger partial charge in [0.1, 0.15) is 17.0 Å². The lowest BCUT2D eigenvalue weighted by atomic mass is 9.95. The minimum Gasteiger partial charge on any atom is -0.497 e. The molecule has 3 N–H and O–H groups in total. The van der Waals surface area contributed by atoms with Crippen LogP contribution in [0.2, 0.25) is 0 Å². The van der Waals surface area contributed by atoms with Crippen molar-refractivity contribution in [2.75, 3.05) is 13.7 Å². The molecule has 0 aliphatic carbocycles. The van der Waals surface area contributed by atoms with E-state index in [1.807, 2.05) is 0 Å². The lowest BCUT2D eigenvalue weighted by Gasteiger charge is -2.28. The maximum atomic E-state index is 13.1. The van der Waals surface area contributed by atoms with Crippen LogP contribution >= 0.6 is 0 Å². The third kappa shape index (κ3) is 2.91. The molecule has 3 aromatic rings. The summed E-state index contributed by atoms with van der Waals surface area (Å²) in [7, 11) is 1.52. The summed E-state index contributed by atoms with van der Waals surface area (Å²) in [6.07, 6.45) is 1.54. The minimum atomic E-state index is -1.61. The first-order chi connectivity index (χ1) is 15.3. The average Bonchev–Trinajstić information content (AvgIpc) is 3.41. The number of furan rings is 1. The van der Waals surface area contributed by atoms with Crippen LogP contribution in [0.3, 0.4) is 0 Å². The largest absolute Gasteiger partial charge is 0.497 e. The first-order valence-corrected chi connectivity index (χ1v) is 9.86. The monoisotopic (exact) mass is 433 g/mol. The molecule has 4 heterocycles. The molecule has 162 valence electrons. The molecule has 2 aliphatic heterocycles. The number of hydrogen-bond acceptors (Lipinski definition) is 7. The standard InChI is InChI=1S/C22H19N5O5/c1-11(23)13-5-17-16(24-8-13)7-18(32-17)22(20(29)25-21(30)26-22)10-27-9-12-3-4-14(31-2)6-15(12)19(27)28/h3-8,23H,9-10H2,1-2H3,(H2,25,26,29,30). The van der Waals surface area contributed by atoms with E-state index in [1.165, 1.54) is 18.2 Å². The molecule has 0 radical (unpaired) electrons. The Morgan fingerprint density at radius 1 is 1.28 bits per heavy atom. The number of nitrogens with zero attached hydrogens (tertiary/aromatic N) is 2. The highest BCUT2D eigenvalue weighted by atomic mass is 16.5. The molecule has 4 amide bonds. The molecule has 5 rings (SSSR count). The number of carbonyl (C=O) groups is 3. The van der Waals surface area contributed by atoms with Gasteiger partial charge in [-0.1, -0.05) is 6.07 Å². The smallest absolute Gasteiger partial charge is 0.322 e. The van der Waals surface area contributed by atoms with E-state index in [-0.39, 0.29) is 24.8 Å². The Kier molecular flexibility index (Phi) is 4.26. The van der Waals surface area contributed by atoms with Gasteiger partial charge in [0, 0.05) is 35.6 Å². The number of hydrogen-bond donors (Lipinski definition) is 3. The van der Waals surface area contributed by atoms with Crippen LogP contribution in [0.5, 0.6) is 5.75 Å². The summed E-state index contributed by atoms with van der Waals surface area (Å²) in [5.74, 6) is -0.180. The van der Waals surface area contributed by atoms with Crippen molar-refractivity contribution in [3.8, 4) is 5.75 Å². The van der Waals surface area contributed by atoms with E-state index in [1.54, 1.807) is 37.3 Å². The number of urea groups is 1. The third-order valence-electron chi connectivity index (χ3n) is 5.79. The molecule has 32 heavy (non-hydrogen) atoms. The lowest BCUT2D eigenvalue weighted by Crippen LogP contribution is -2.52. The van der Waals surface area contributed by atoms with Crippen molar-refractivity contribution in [3.63, 3.8) is 0 Å². The van der Waals surface area contributed by atoms with Crippen LogP contribution in [-0.4, -0.2) is 47.1 Å². The number of carbonyl (C=O) groups excluding carboxylic acids is 3. The van der Waals surface area contributed by atoms with Gasteiger partial charge in [0.15, 0.2) is 11.1 Å². The van der Waals surface area contributed by atoms with Crippen molar-refractivity contribution in [3.05, 3.63) is 59.0 Å². The van der Waals surface area contributed by atoms with Crippen molar-refractivity contribution in [1.82, 2.24) is 20.5 Å². The second-order valence-electron chi connectivity index (χ2n) is 7.84. The molecule has 0 spiro atoms.